The molecule has 188 valence electrons. The first-order valence-electron chi connectivity index (χ1n) is 12.1. The fraction of sp³-hybridized carbons (Fsp3) is 0.429. The van der Waals surface area contributed by atoms with Gasteiger partial charge in [0.05, 0.1) is 18.2 Å². The van der Waals surface area contributed by atoms with Crippen LogP contribution in [0.5, 0.6) is 5.75 Å². The lowest BCUT2D eigenvalue weighted by Crippen LogP contribution is -2.32. The molecule has 0 spiro atoms. The van der Waals surface area contributed by atoms with Crippen LogP contribution in [-0.2, 0) is 9.59 Å². The first-order valence-corrected chi connectivity index (χ1v) is 12.1. The summed E-state index contributed by atoms with van der Waals surface area (Å²) < 4.78 is 5.70. The highest BCUT2D eigenvalue weighted by molar-refractivity contribution is 6.46. The Morgan fingerprint density at radius 3 is 2.31 bits per heavy atom. The predicted octanol–water partition coefficient (Wildman–Crippen LogP) is 4.22. The van der Waals surface area contributed by atoms with Crippen molar-refractivity contribution < 1.29 is 19.4 Å². The minimum atomic E-state index is -0.653. The molecular formula is C28H37N3O4. The zero-order chi connectivity index (χ0) is 25.7. The van der Waals surface area contributed by atoms with Crippen LogP contribution < -0.4 is 9.64 Å². The van der Waals surface area contributed by atoms with Crippen LogP contribution in [0, 0.1) is 6.92 Å². The predicted molar refractivity (Wildman–Crippen MR) is 140 cm³/mol. The maximum absolute atomic E-state index is 13.3. The zero-order valence-electron chi connectivity index (χ0n) is 21.7. The van der Waals surface area contributed by atoms with Crippen LogP contribution >= 0.6 is 0 Å². The fourth-order valence-electron chi connectivity index (χ4n) is 4.33. The minimum Gasteiger partial charge on any atom is -0.507 e. The van der Waals surface area contributed by atoms with Crippen molar-refractivity contribution in [2.24, 2.45) is 0 Å². The van der Waals surface area contributed by atoms with Gasteiger partial charge in [-0.25, -0.2) is 0 Å². The van der Waals surface area contributed by atoms with Gasteiger partial charge >= 0.3 is 0 Å². The van der Waals surface area contributed by atoms with Gasteiger partial charge in [-0.1, -0.05) is 19.1 Å². The molecule has 0 unspecified atom stereocenters. The van der Waals surface area contributed by atoms with E-state index in [9.17, 15) is 14.7 Å². The Morgan fingerprint density at radius 2 is 1.74 bits per heavy atom. The van der Waals surface area contributed by atoms with Crippen LogP contribution in [0.2, 0.25) is 0 Å². The molecule has 7 heteroatoms. The number of aliphatic hydroxyl groups is 1. The van der Waals surface area contributed by atoms with Crippen LogP contribution in [0.25, 0.3) is 5.76 Å². The summed E-state index contributed by atoms with van der Waals surface area (Å²) in [6, 6.07) is 12.5. The lowest BCUT2D eigenvalue weighted by Gasteiger charge is -2.26. The third-order valence-corrected chi connectivity index (χ3v) is 6.20. The Labute approximate surface area is 208 Å². The van der Waals surface area contributed by atoms with Gasteiger partial charge in [-0.05, 0) is 81.9 Å². The number of nitrogens with zero attached hydrogens (tertiary/aromatic N) is 3. The van der Waals surface area contributed by atoms with Crippen LogP contribution in [0.1, 0.15) is 42.5 Å². The van der Waals surface area contributed by atoms with Crippen molar-refractivity contribution in [2.75, 3.05) is 52.8 Å². The quantitative estimate of drug-likeness (QED) is 0.312. The summed E-state index contributed by atoms with van der Waals surface area (Å²) in [6.45, 7) is 5.71. The van der Waals surface area contributed by atoms with Crippen molar-refractivity contribution in [2.45, 2.75) is 32.7 Å². The number of aliphatic hydroxyl groups excluding tert-OH is 1. The molecule has 1 aliphatic rings. The van der Waals surface area contributed by atoms with Crippen molar-refractivity contribution in [3.8, 4) is 5.75 Å². The van der Waals surface area contributed by atoms with E-state index in [4.69, 9.17) is 4.74 Å². The molecule has 2 aromatic carbocycles. The fourth-order valence-corrected chi connectivity index (χ4v) is 4.33. The topological polar surface area (TPSA) is 73.3 Å². The smallest absolute Gasteiger partial charge is 0.295 e. The third-order valence-electron chi connectivity index (χ3n) is 6.20. The molecule has 0 radical (unpaired) electrons. The van der Waals surface area contributed by atoms with E-state index in [0.29, 0.717) is 24.5 Å². The van der Waals surface area contributed by atoms with Crippen molar-refractivity contribution >= 4 is 23.1 Å². The molecule has 35 heavy (non-hydrogen) atoms. The first kappa shape index (κ1) is 26.3. The van der Waals surface area contributed by atoms with E-state index in [1.165, 1.54) is 0 Å². The molecule has 1 aliphatic heterocycles. The Hall–Kier alpha value is -3.32. The van der Waals surface area contributed by atoms with Gasteiger partial charge in [0.1, 0.15) is 11.5 Å². The number of carbonyl (C=O) groups excluding carboxylic acids is 2. The Morgan fingerprint density at radius 1 is 1.06 bits per heavy atom. The number of Topliss-reactive ketones (excluding diaryl/α,β-unsaturated/α-hetero) is 1. The van der Waals surface area contributed by atoms with Gasteiger partial charge in [-0.2, -0.15) is 0 Å². The SMILES string of the molecule is CCCOc1ccc(C(O)=C2C(=O)C(=O)N(CCCN(C)C)[C@H]2c2ccc(N(C)C)cc2)c(C)c1. The lowest BCUT2D eigenvalue weighted by atomic mass is 9.93. The molecule has 0 aromatic heterocycles. The summed E-state index contributed by atoms with van der Waals surface area (Å²) in [5.74, 6) is -0.673. The summed E-state index contributed by atoms with van der Waals surface area (Å²) in [6.07, 6.45) is 1.61. The molecular weight excluding hydrogens is 442 g/mol. The van der Waals surface area contributed by atoms with E-state index < -0.39 is 17.7 Å². The first-order chi connectivity index (χ1) is 16.6. The Kier molecular flexibility index (Phi) is 8.57. The summed E-state index contributed by atoms with van der Waals surface area (Å²) in [7, 11) is 7.86. The molecule has 1 heterocycles. The van der Waals surface area contributed by atoms with Gasteiger partial charge in [-0.15, -0.1) is 0 Å². The number of aryl methyl sites for hydroxylation is 1. The monoisotopic (exact) mass is 479 g/mol. The average molecular weight is 480 g/mol. The number of anilines is 1. The van der Waals surface area contributed by atoms with Crippen LogP contribution in [0.4, 0.5) is 5.69 Å². The molecule has 3 rings (SSSR count). The number of hydrogen-bond donors (Lipinski definition) is 1. The van der Waals surface area contributed by atoms with Crippen molar-refractivity contribution in [1.29, 1.82) is 0 Å². The molecule has 0 saturated carbocycles. The van der Waals surface area contributed by atoms with Gasteiger partial charge in [-0.3, -0.25) is 9.59 Å². The van der Waals surface area contributed by atoms with E-state index in [1.807, 2.05) is 82.2 Å². The third kappa shape index (κ3) is 5.85. The number of hydrogen-bond acceptors (Lipinski definition) is 6. The van der Waals surface area contributed by atoms with Gasteiger partial charge in [0, 0.05) is 31.9 Å². The normalized spacial score (nSPS) is 17.3. The number of amides is 1. The number of ketones is 1. The second-order valence-electron chi connectivity index (χ2n) is 9.46. The Bertz CT molecular complexity index is 1090. The van der Waals surface area contributed by atoms with E-state index in [1.54, 1.807) is 17.0 Å². The van der Waals surface area contributed by atoms with Crippen LogP contribution in [0.3, 0.4) is 0 Å². The molecule has 1 saturated heterocycles. The molecule has 0 aliphatic carbocycles. The number of ether oxygens (including phenoxy) is 1. The summed E-state index contributed by atoms with van der Waals surface area (Å²) >= 11 is 0. The van der Waals surface area contributed by atoms with Crippen LogP contribution in [0.15, 0.2) is 48.0 Å². The van der Waals surface area contributed by atoms with E-state index in [2.05, 4.69) is 0 Å². The number of benzene rings is 2. The minimum absolute atomic E-state index is 0.128. The lowest BCUT2D eigenvalue weighted by molar-refractivity contribution is -0.139. The standard InChI is InChI=1S/C28H37N3O4/c1-7-17-35-22-13-14-23(19(2)18-22)26(32)24-25(20-9-11-21(12-10-20)30(5)6)31(28(34)27(24)33)16-8-15-29(3)4/h9-14,18,25,32H,7-8,15-17H2,1-6H3/t25-/m0/s1. The van der Waals surface area contributed by atoms with E-state index >= 15 is 0 Å². The van der Waals surface area contributed by atoms with Gasteiger partial charge in [0.15, 0.2) is 0 Å². The molecule has 1 N–H and O–H groups in total. The zero-order valence-corrected chi connectivity index (χ0v) is 21.7. The molecule has 1 fully saturated rings. The van der Waals surface area contributed by atoms with Crippen LogP contribution in [-0.4, -0.2) is 74.5 Å². The van der Waals surface area contributed by atoms with Gasteiger partial charge in [0.25, 0.3) is 11.7 Å². The average Bonchev–Trinajstić information content (AvgIpc) is 3.07. The molecule has 1 amide bonds. The van der Waals surface area contributed by atoms with Crippen molar-refractivity contribution in [3.05, 3.63) is 64.7 Å². The summed E-state index contributed by atoms with van der Waals surface area (Å²) in [5, 5.41) is 11.4. The highest BCUT2D eigenvalue weighted by Gasteiger charge is 2.45. The maximum atomic E-state index is 13.3. The summed E-state index contributed by atoms with van der Waals surface area (Å²) in [5.41, 5.74) is 3.23. The molecule has 0 bridgehead atoms. The summed E-state index contributed by atoms with van der Waals surface area (Å²) in [4.78, 5) is 32.0. The second-order valence-corrected chi connectivity index (χ2v) is 9.46. The number of likely N-dealkylation sites (tertiary alicyclic amines) is 1. The molecule has 7 nitrogen and oxygen atoms in total. The second kappa shape index (κ2) is 11.4. The maximum Gasteiger partial charge on any atom is 0.295 e. The molecule has 1 atom stereocenters. The van der Waals surface area contributed by atoms with Crippen molar-refractivity contribution in [3.63, 3.8) is 0 Å². The largest absolute Gasteiger partial charge is 0.507 e. The molecule has 2 aromatic rings. The van der Waals surface area contributed by atoms with E-state index in [0.717, 1.165) is 36.2 Å². The highest BCUT2D eigenvalue weighted by atomic mass is 16.5. The van der Waals surface area contributed by atoms with Gasteiger partial charge < -0.3 is 24.5 Å². The number of rotatable bonds is 10. The van der Waals surface area contributed by atoms with Gasteiger partial charge in [0.2, 0.25) is 0 Å². The Balaban J connectivity index is 2.07. The van der Waals surface area contributed by atoms with E-state index in [-0.39, 0.29) is 11.3 Å². The van der Waals surface area contributed by atoms with Crippen molar-refractivity contribution in [1.82, 2.24) is 9.80 Å². The highest BCUT2D eigenvalue weighted by Crippen LogP contribution is 2.40. The number of carbonyl (C=O) groups is 2.